The first-order valence-corrected chi connectivity index (χ1v) is 10.6. The van der Waals surface area contributed by atoms with Gasteiger partial charge in [0.15, 0.2) is 0 Å². The van der Waals surface area contributed by atoms with Gasteiger partial charge in [-0.2, -0.15) is 0 Å². The molecule has 0 aromatic heterocycles. The van der Waals surface area contributed by atoms with Crippen LogP contribution in [0.15, 0.2) is 42.5 Å². The van der Waals surface area contributed by atoms with Crippen LogP contribution in [0.2, 0.25) is 0 Å². The molecule has 2 aliphatic rings. The van der Waals surface area contributed by atoms with Gasteiger partial charge in [-0.25, -0.2) is 4.39 Å². The van der Waals surface area contributed by atoms with E-state index >= 15 is 0 Å². The van der Waals surface area contributed by atoms with Crippen LogP contribution in [0, 0.1) is 11.7 Å². The predicted octanol–water partition coefficient (Wildman–Crippen LogP) is 2.88. The summed E-state index contributed by atoms with van der Waals surface area (Å²) >= 11 is 0. The minimum Gasteiger partial charge on any atom is -0.497 e. The van der Waals surface area contributed by atoms with Gasteiger partial charge in [-0.3, -0.25) is 9.69 Å². The SMILES string of the molecule is COCCOCC(=O)N[C@@H]1c2ccccc2[C@@H]2CN(Cc3cc(OC)ccc3F)C[C@H]12. The highest BCUT2D eigenvalue weighted by atomic mass is 19.1. The van der Waals surface area contributed by atoms with E-state index in [0.29, 0.717) is 37.0 Å². The van der Waals surface area contributed by atoms with Gasteiger partial charge in [0.2, 0.25) is 5.91 Å². The number of benzene rings is 2. The molecule has 0 bridgehead atoms. The van der Waals surface area contributed by atoms with Gasteiger partial charge in [0, 0.05) is 44.1 Å². The number of hydrogen-bond acceptors (Lipinski definition) is 5. The van der Waals surface area contributed by atoms with E-state index in [-0.39, 0.29) is 30.3 Å². The van der Waals surface area contributed by atoms with E-state index in [0.717, 1.165) is 13.1 Å². The molecule has 7 heteroatoms. The second kappa shape index (κ2) is 9.77. The zero-order valence-corrected chi connectivity index (χ0v) is 18.0. The lowest BCUT2D eigenvalue weighted by Crippen LogP contribution is -2.36. The molecule has 0 unspecified atom stereocenters. The van der Waals surface area contributed by atoms with Gasteiger partial charge >= 0.3 is 0 Å². The average molecular weight is 429 g/mol. The normalized spacial score (nSPS) is 22.2. The molecule has 31 heavy (non-hydrogen) atoms. The lowest BCUT2D eigenvalue weighted by atomic mass is 9.94. The van der Waals surface area contributed by atoms with Gasteiger partial charge in [0.05, 0.1) is 26.4 Å². The number of ether oxygens (including phenoxy) is 3. The Bertz CT molecular complexity index is 922. The van der Waals surface area contributed by atoms with Gasteiger partial charge in [-0.1, -0.05) is 24.3 Å². The summed E-state index contributed by atoms with van der Waals surface area (Å²) in [6.07, 6.45) is 0. The second-order valence-corrected chi connectivity index (χ2v) is 8.14. The Morgan fingerprint density at radius 3 is 2.71 bits per heavy atom. The topological polar surface area (TPSA) is 60.0 Å². The van der Waals surface area contributed by atoms with Gasteiger partial charge in [0.1, 0.15) is 18.2 Å². The fourth-order valence-corrected chi connectivity index (χ4v) is 4.82. The molecule has 1 amide bonds. The summed E-state index contributed by atoms with van der Waals surface area (Å²) in [5.41, 5.74) is 3.07. The predicted molar refractivity (Wildman–Crippen MR) is 114 cm³/mol. The minimum atomic E-state index is -0.226. The molecular formula is C24H29FN2O4. The van der Waals surface area contributed by atoms with Crippen molar-refractivity contribution in [2.75, 3.05) is 47.1 Å². The second-order valence-electron chi connectivity index (χ2n) is 8.14. The number of rotatable bonds is 9. The summed E-state index contributed by atoms with van der Waals surface area (Å²) in [6.45, 7) is 2.98. The fourth-order valence-electron chi connectivity index (χ4n) is 4.82. The van der Waals surface area contributed by atoms with Crippen LogP contribution in [0.5, 0.6) is 5.75 Å². The standard InChI is InChI=1S/C24H29FN2O4/c1-29-9-10-31-15-23(28)26-24-19-6-4-3-5-18(19)20-13-27(14-21(20)24)12-16-11-17(30-2)7-8-22(16)25/h3-8,11,20-21,24H,9-10,12-15H2,1-2H3,(H,26,28)/t20-,21-,24+/m0/s1. The largest absolute Gasteiger partial charge is 0.497 e. The highest BCUT2D eigenvalue weighted by Crippen LogP contribution is 2.49. The molecule has 166 valence electrons. The van der Waals surface area contributed by atoms with Crippen molar-refractivity contribution < 1.29 is 23.4 Å². The number of fused-ring (bicyclic) bond motifs is 3. The number of nitrogens with zero attached hydrogens (tertiary/aromatic N) is 1. The van der Waals surface area contributed by atoms with Crippen LogP contribution >= 0.6 is 0 Å². The van der Waals surface area contributed by atoms with Crippen LogP contribution in [-0.2, 0) is 20.8 Å². The number of carbonyl (C=O) groups excluding carboxylic acids is 1. The quantitative estimate of drug-likeness (QED) is 0.623. The van der Waals surface area contributed by atoms with E-state index in [1.54, 1.807) is 26.4 Å². The third-order valence-electron chi connectivity index (χ3n) is 6.23. The van der Waals surface area contributed by atoms with Gasteiger partial charge in [-0.05, 0) is 29.3 Å². The van der Waals surface area contributed by atoms with Crippen LogP contribution in [0.4, 0.5) is 4.39 Å². The number of hydrogen-bond donors (Lipinski definition) is 1. The van der Waals surface area contributed by atoms with E-state index in [1.165, 1.54) is 17.2 Å². The highest BCUT2D eigenvalue weighted by Gasteiger charge is 2.46. The van der Waals surface area contributed by atoms with Crippen molar-refractivity contribution in [3.05, 3.63) is 65.0 Å². The zero-order valence-electron chi connectivity index (χ0n) is 18.0. The molecule has 1 heterocycles. The molecule has 1 fully saturated rings. The minimum absolute atomic E-state index is 0.0121. The first kappa shape index (κ1) is 21.7. The number of carbonyl (C=O) groups is 1. The summed E-state index contributed by atoms with van der Waals surface area (Å²) in [5.74, 6) is 0.850. The number of methoxy groups -OCH3 is 2. The van der Waals surface area contributed by atoms with E-state index in [1.807, 2.05) is 12.1 Å². The molecule has 6 nitrogen and oxygen atoms in total. The Morgan fingerprint density at radius 2 is 1.94 bits per heavy atom. The molecule has 4 rings (SSSR count). The molecule has 1 N–H and O–H groups in total. The number of halogens is 1. The zero-order chi connectivity index (χ0) is 21.8. The van der Waals surface area contributed by atoms with Gasteiger partial charge < -0.3 is 19.5 Å². The Morgan fingerprint density at radius 1 is 1.13 bits per heavy atom. The van der Waals surface area contributed by atoms with E-state index < -0.39 is 0 Å². The molecule has 3 atom stereocenters. The summed E-state index contributed by atoms with van der Waals surface area (Å²) in [4.78, 5) is 14.8. The van der Waals surface area contributed by atoms with Crippen LogP contribution < -0.4 is 10.1 Å². The molecule has 2 aromatic carbocycles. The lowest BCUT2D eigenvalue weighted by Gasteiger charge is -2.23. The third-order valence-corrected chi connectivity index (χ3v) is 6.23. The number of likely N-dealkylation sites (tertiary alicyclic amines) is 1. The number of nitrogens with one attached hydrogen (secondary N) is 1. The Kier molecular flexibility index (Phi) is 6.85. The Balaban J connectivity index is 1.46. The number of amides is 1. The van der Waals surface area contributed by atoms with Crippen LogP contribution in [0.1, 0.15) is 28.7 Å². The van der Waals surface area contributed by atoms with Gasteiger partial charge in [-0.15, -0.1) is 0 Å². The van der Waals surface area contributed by atoms with E-state index in [9.17, 15) is 9.18 Å². The lowest BCUT2D eigenvalue weighted by molar-refractivity contribution is -0.127. The van der Waals surface area contributed by atoms with Gasteiger partial charge in [0.25, 0.3) is 0 Å². The first-order valence-electron chi connectivity index (χ1n) is 10.6. The summed E-state index contributed by atoms with van der Waals surface area (Å²) in [7, 11) is 3.18. The molecule has 0 radical (unpaired) electrons. The fraction of sp³-hybridized carbons (Fsp3) is 0.458. The van der Waals surface area contributed by atoms with Crippen molar-refractivity contribution in [3.8, 4) is 5.75 Å². The Hall–Kier alpha value is -2.48. The molecule has 1 saturated heterocycles. The summed E-state index contributed by atoms with van der Waals surface area (Å²) < 4.78 is 29.9. The molecular weight excluding hydrogens is 399 g/mol. The maximum absolute atomic E-state index is 14.3. The molecule has 0 spiro atoms. The van der Waals surface area contributed by atoms with Crippen molar-refractivity contribution in [2.45, 2.75) is 18.5 Å². The van der Waals surface area contributed by atoms with Crippen molar-refractivity contribution in [3.63, 3.8) is 0 Å². The maximum atomic E-state index is 14.3. The van der Waals surface area contributed by atoms with Crippen LogP contribution in [0.3, 0.4) is 0 Å². The van der Waals surface area contributed by atoms with Crippen LogP contribution in [0.25, 0.3) is 0 Å². The molecule has 1 aliphatic heterocycles. The molecule has 0 saturated carbocycles. The smallest absolute Gasteiger partial charge is 0.246 e. The summed E-state index contributed by atoms with van der Waals surface area (Å²) in [6, 6.07) is 13.1. The van der Waals surface area contributed by atoms with Crippen LogP contribution in [-0.4, -0.2) is 57.9 Å². The maximum Gasteiger partial charge on any atom is 0.246 e. The van der Waals surface area contributed by atoms with E-state index in [2.05, 4.69) is 22.3 Å². The monoisotopic (exact) mass is 428 g/mol. The van der Waals surface area contributed by atoms with E-state index in [4.69, 9.17) is 14.2 Å². The van der Waals surface area contributed by atoms with Crippen molar-refractivity contribution in [1.29, 1.82) is 0 Å². The van der Waals surface area contributed by atoms with Crippen molar-refractivity contribution in [1.82, 2.24) is 10.2 Å². The molecule has 1 aliphatic carbocycles. The highest BCUT2D eigenvalue weighted by molar-refractivity contribution is 5.78. The Labute approximate surface area is 182 Å². The van der Waals surface area contributed by atoms with Crippen molar-refractivity contribution >= 4 is 5.91 Å². The third kappa shape index (κ3) is 4.74. The summed E-state index contributed by atoms with van der Waals surface area (Å²) in [5, 5.41) is 3.17. The van der Waals surface area contributed by atoms with Crippen molar-refractivity contribution in [2.24, 2.45) is 5.92 Å². The average Bonchev–Trinajstić information content (AvgIpc) is 3.31. The molecule has 2 aromatic rings. The first-order chi connectivity index (χ1) is 15.1.